The molecule has 0 aliphatic heterocycles. The molecule has 1 aromatic carbocycles. The summed E-state index contributed by atoms with van der Waals surface area (Å²) in [6.45, 7) is 11.2. The van der Waals surface area contributed by atoms with Gasteiger partial charge in [-0.25, -0.2) is 0 Å². The Balaban J connectivity index is 2.72. The van der Waals surface area contributed by atoms with Crippen molar-refractivity contribution < 1.29 is 4.74 Å². The molecule has 0 aliphatic rings. The van der Waals surface area contributed by atoms with Crippen molar-refractivity contribution in [3.8, 4) is 5.75 Å². The van der Waals surface area contributed by atoms with Gasteiger partial charge in [0, 0.05) is 12.1 Å². The normalized spacial score (nSPS) is 15.4. The van der Waals surface area contributed by atoms with E-state index >= 15 is 0 Å². The van der Waals surface area contributed by atoms with Gasteiger partial charge in [0.05, 0.1) is 7.11 Å². The zero-order chi connectivity index (χ0) is 13.1. The summed E-state index contributed by atoms with van der Waals surface area (Å²) in [6, 6.07) is 9.03. The summed E-state index contributed by atoms with van der Waals surface area (Å²) in [5.41, 5.74) is 1.54. The maximum Gasteiger partial charge on any atom is 0.119 e. The lowest BCUT2D eigenvalue weighted by Crippen LogP contribution is -2.39. The largest absolute Gasteiger partial charge is 0.497 e. The zero-order valence-corrected chi connectivity index (χ0v) is 11.9. The molecule has 0 spiro atoms. The van der Waals surface area contributed by atoms with Crippen molar-refractivity contribution in [1.82, 2.24) is 5.32 Å². The van der Waals surface area contributed by atoms with E-state index < -0.39 is 0 Å². The highest BCUT2D eigenvalue weighted by Crippen LogP contribution is 2.24. The quantitative estimate of drug-likeness (QED) is 0.857. The fraction of sp³-hybridized carbons (Fsp3) is 0.600. The minimum Gasteiger partial charge on any atom is -0.497 e. The lowest BCUT2D eigenvalue weighted by atomic mass is 9.87. The molecule has 0 fully saturated rings. The average Bonchev–Trinajstić information content (AvgIpc) is 2.27. The highest BCUT2D eigenvalue weighted by molar-refractivity contribution is 5.30. The van der Waals surface area contributed by atoms with E-state index in [1.807, 2.05) is 12.1 Å². The summed E-state index contributed by atoms with van der Waals surface area (Å²) in [6.07, 6.45) is 0. The van der Waals surface area contributed by atoms with Crippen molar-refractivity contribution in [2.75, 3.05) is 7.11 Å². The average molecular weight is 235 g/mol. The molecule has 2 heteroatoms. The van der Waals surface area contributed by atoms with Gasteiger partial charge in [-0.3, -0.25) is 0 Å². The van der Waals surface area contributed by atoms with Gasteiger partial charge in [0.25, 0.3) is 0 Å². The van der Waals surface area contributed by atoms with Crippen molar-refractivity contribution in [2.45, 2.75) is 46.7 Å². The molecule has 2 unspecified atom stereocenters. The van der Waals surface area contributed by atoms with E-state index in [0.717, 1.165) is 5.75 Å². The molecule has 0 bridgehead atoms. The summed E-state index contributed by atoms with van der Waals surface area (Å²) < 4.78 is 5.25. The van der Waals surface area contributed by atoms with Crippen LogP contribution in [0.5, 0.6) is 5.75 Å². The molecule has 1 aromatic rings. The fourth-order valence-corrected chi connectivity index (χ4v) is 1.63. The molecule has 0 heterocycles. The van der Waals surface area contributed by atoms with Crippen molar-refractivity contribution in [1.29, 1.82) is 0 Å². The van der Waals surface area contributed by atoms with Crippen LogP contribution in [0.1, 0.15) is 46.2 Å². The molecule has 0 radical (unpaired) electrons. The Morgan fingerprint density at radius 2 is 1.82 bits per heavy atom. The molecule has 0 saturated heterocycles. The molecule has 96 valence electrons. The lowest BCUT2D eigenvalue weighted by molar-refractivity contribution is 0.268. The Morgan fingerprint density at radius 1 is 1.18 bits per heavy atom. The predicted molar refractivity (Wildman–Crippen MR) is 73.5 cm³/mol. The van der Waals surface area contributed by atoms with Crippen LogP contribution >= 0.6 is 0 Å². The van der Waals surface area contributed by atoms with E-state index in [2.05, 4.69) is 52.1 Å². The standard InChI is InChI=1S/C15H25NO/c1-11(16-12(2)15(3,4)5)13-8-7-9-14(10-13)17-6/h7-12,16H,1-6H3. The second kappa shape index (κ2) is 5.54. The lowest BCUT2D eigenvalue weighted by Gasteiger charge is -2.31. The van der Waals surface area contributed by atoms with Crippen LogP contribution in [0.3, 0.4) is 0 Å². The molecule has 2 nitrogen and oxygen atoms in total. The molecule has 1 rings (SSSR count). The van der Waals surface area contributed by atoms with Crippen LogP contribution in [0.4, 0.5) is 0 Å². The van der Waals surface area contributed by atoms with E-state index in [1.54, 1.807) is 7.11 Å². The molecule has 0 saturated carbocycles. The smallest absolute Gasteiger partial charge is 0.119 e. The molecule has 0 amide bonds. The number of rotatable bonds is 4. The third-order valence-electron chi connectivity index (χ3n) is 3.39. The van der Waals surface area contributed by atoms with Crippen LogP contribution in [0.2, 0.25) is 0 Å². The molecular formula is C15H25NO. The fourth-order valence-electron chi connectivity index (χ4n) is 1.63. The predicted octanol–water partition coefficient (Wildman–Crippen LogP) is 3.78. The monoisotopic (exact) mass is 235 g/mol. The third kappa shape index (κ3) is 4.04. The van der Waals surface area contributed by atoms with Crippen molar-refractivity contribution in [3.63, 3.8) is 0 Å². The highest BCUT2D eigenvalue weighted by Gasteiger charge is 2.21. The van der Waals surface area contributed by atoms with E-state index in [-0.39, 0.29) is 5.41 Å². The van der Waals surface area contributed by atoms with Crippen LogP contribution in [-0.2, 0) is 0 Å². The summed E-state index contributed by atoms with van der Waals surface area (Å²) in [5, 5.41) is 3.63. The van der Waals surface area contributed by atoms with E-state index in [1.165, 1.54) is 5.56 Å². The second-order valence-electron chi connectivity index (χ2n) is 5.75. The van der Waals surface area contributed by atoms with Crippen molar-refractivity contribution in [3.05, 3.63) is 29.8 Å². The first kappa shape index (κ1) is 14.0. The Labute approximate surface area is 105 Å². The molecule has 0 aliphatic carbocycles. The first-order valence-electron chi connectivity index (χ1n) is 6.24. The SMILES string of the molecule is COc1cccc(C(C)NC(C)C(C)(C)C)c1. The van der Waals surface area contributed by atoms with E-state index in [9.17, 15) is 0 Å². The number of hydrogen-bond donors (Lipinski definition) is 1. The molecule has 0 aromatic heterocycles. The number of hydrogen-bond acceptors (Lipinski definition) is 2. The number of nitrogens with one attached hydrogen (secondary N) is 1. The van der Waals surface area contributed by atoms with Gasteiger partial charge in [-0.05, 0) is 37.0 Å². The first-order chi connectivity index (χ1) is 7.84. The Hall–Kier alpha value is -1.02. The molecular weight excluding hydrogens is 210 g/mol. The van der Waals surface area contributed by atoms with E-state index in [0.29, 0.717) is 12.1 Å². The number of ether oxygens (including phenoxy) is 1. The number of methoxy groups -OCH3 is 1. The number of benzene rings is 1. The maximum absolute atomic E-state index is 5.25. The first-order valence-corrected chi connectivity index (χ1v) is 6.24. The van der Waals surface area contributed by atoms with Gasteiger partial charge in [-0.1, -0.05) is 32.9 Å². The summed E-state index contributed by atoms with van der Waals surface area (Å²) in [4.78, 5) is 0. The topological polar surface area (TPSA) is 21.3 Å². The second-order valence-corrected chi connectivity index (χ2v) is 5.75. The Bertz CT molecular complexity index is 354. The van der Waals surface area contributed by atoms with Crippen LogP contribution < -0.4 is 10.1 Å². The van der Waals surface area contributed by atoms with Crippen LogP contribution in [0, 0.1) is 5.41 Å². The minimum absolute atomic E-state index is 0.271. The van der Waals surface area contributed by atoms with Gasteiger partial charge in [0.1, 0.15) is 5.75 Å². The highest BCUT2D eigenvalue weighted by atomic mass is 16.5. The van der Waals surface area contributed by atoms with Gasteiger partial charge < -0.3 is 10.1 Å². The molecule has 1 N–H and O–H groups in total. The van der Waals surface area contributed by atoms with Crippen LogP contribution in [0.15, 0.2) is 24.3 Å². The van der Waals surface area contributed by atoms with Gasteiger partial charge in [-0.15, -0.1) is 0 Å². The van der Waals surface area contributed by atoms with Gasteiger partial charge in [0.2, 0.25) is 0 Å². The summed E-state index contributed by atoms with van der Waals surface area (Å²) >= 11 is 0. The van der Waals surface area contributed by atoms with Crippen LogP contribution in [0.25, 0.3) is 0 Å². The van der Waals surface area contributed by atoms with Gasteiger partial charge >= 0.3 is 0 Å². The van der Waals surface area contributed by atoms with Gasteiger partial charge in [0.15, 0.2) is 0 Å². The van der Waals surface area contributed by atoms with Crippen LogP contribution in [-0.4, -0.2) is 13.2 Å². The van der Waals surface area contributed by atoms with Gasteiger partial charge in [-0.2, -0.15) is 0 Å². The maximum atomic E-state index is 5.25. The summed E-state index contributed by atoms with van der Waals surface area (Å²) in [5.74, 6) is 0.916. The minimum atomic E-state index is 0.271. The zero-order valence-electron chi connectivity index (χ0n) is 11.9. The molecule has 2 atom stereocenters. The third-order valence-corrected chi connectivity index (χ3v) is 3.39. The summed E-state index contributed by atoms with van der Waals surface area (Å²) in [7, 11) is 1.70. The Morgan fingerprint density at radius 3 is 2.35 bits per heavy atom. The van der Waals surface area contributed by atoms with Crippen molar-refractivity contribution in [2.24, 2.45) is 5.41 Å². The molecule has 17 heavy (non-hydrogen) atoms. The van der Waals surface area contributed by atoms with Crippen molar-refractivity contribution >= 4 is 0 Å². The van der Waals surface area contributed by atoms with E-state index in [4.69, 9.17) is 4.74 Å². The Kier molecular flexibility index (Phi) is 4.58.